The number of carbonyl (C=O) groups is 2. The van der Waals surface area contributed by atoms with Gasteiger partial charge in [0.2, 0.25) is 5.91 Å². The number of methoxy groups -OCH3 is 2. The number of aromatic nitrogens is 1. The molecule has 0 N–H and O–H groups in total. The zero-order valence-electron chi connectivity index (χ0n) is 18.1. The number of nitrogens with zero attached hydrogens (tertiary/aromatic N) is 4. The van der Waals surface area contributed by atoms with Crippen molar-refractivity contribution >= 4 is 17.5 Å². The minimum atomic E-state index is -0.363. The van der Waals surface area contributed by atoms with Crippen LogP contribution in [-0.4, -0.2) is 59.8 Å². The first-order chi connectivity index (χ1) is 14.4. The molecule has 8 heteroatoms. The highest BCUT2D eigenvalue weighted by atomic mass is 16.5. The number of rotatable bonds is 7. The molecule has 0 fully saturated rings. The van der Waals surface area contributed by atoms with Crippen LogP contribution in [0.15, 0.2) is 41.6 Å². The third-order valence-electron chi connectivity index (χ3n) is 5.30. The molecule has 30 heavy (non-hydrogen) atoms. The van der Waals surface area contributed by atoms with Crippen molar-refractivity contribution in [1.29, 1.82) is 0 Å². The Balaban J connectivity index is 2.00. The molecule has 0 bridgehead atoms. The van der Waals surface area contributed by atoms with Crippen LogP contribution < -0.4 is 9.47 Å². The van der Waals surface area contributed by atoms with Crippen LogP contribution in [0.4, 0.5) is 0 Å². The zero-order chi connectivity index (χ0) is 21.8. The van der Waals surface area contributed by atoms with E-state index in [1.54, 1.807) is 28.2 Å². The van der Waals surface area contributed by atoms with E-state index in [4.69, 9.17) is 9.47 Å². The summed E-state index contributed by atoms with van der Waals surface area (Å²) in [6.45, 7) is 1.73. The maximum Gasteiger partial charge on any atom is 0.262 e. The molecule has 0 saturated carbocycles. The van der Waals surface area contributed by atoms with Gasteiger partial charge in [-0.05, 0) is 30.3 Å². The number of ether oxygens (including phenoxy) is 2. The van der Waals surface area contributed by atoms with Crippen LogP contribution in [-0.2, 0) is 16.6 Å². The maximum atomic E-state index is 13.2. The summed E-state index contributed by atoms with van der Waals surface area (Å²) in [6.07, 6.45) is 2.81. The fourth-order valence-corrected chi connectivity index (χ4v) is 3.63. The van der Waals surface area contributed by atoms with Gasteiger partial charge >= 0.3 is 0 Å². The molecule has 3 rings (SSSR count). The van der Waals surface area contributed by atoms with Crippen LogP contribution in [0.25, 0.3) is 0 Å². The lowest BCUT2D eigenvalue weighted by atomic mass is 9.99. The van der Waals surface area contributed by atoms with E-state index in [1.165, 1.54) is 9.91 Å². The first kappa shape index (κ1) is 21.4. The number of amides is 2. The molecule has 1 aliphatic rings. The number of hydrogen-bond donors (Lipinski definition) is 0. The quantitative estimate of drug-likeness (QED) is 0.700. The minimum absolute atomic E-state index is 0.0423. The SMILES string of the molecule is CCC(=O)N(C)CC(=O)N1N=C(c2cccn2C)CC1c1cc(OC)ccc1OC. The van der Waals surface area contributed by atoms with Crippen molar-refractivity contribution in [3.63, 3.8) is 0 Å². The number of benzene rings is 1. The molecule has 0 spiro atoms. The van der Waals surface area contributed by atoms with Gasteiger partial charge in [0.15, 0.2) is 0 Å². The Labute approximate surface area is 176 Å². The van der Waals surface area contributed by atoms with Gasteiger partial charge in [-0.15, -0.1) is 0 Å². The van der Waals surface area contributed by atoms with Gasteiger partial charge in [0.1, 0.15) is 18.0 Å². The zero-order valence-corrected chi connectivity index (χ0v) is 18.1. The molecule has 8 nitrogen and oxygen atoms in total. The summed E-state index contributed by atoms with van der Waals surface area (Å²) in [4.78, 5) is 26.6. The summed E-state index contributed by atoms with van der Waals surface area (Å²) in [7, 11) is 6.76. The molecular formula is C22H28N4O4. The molecule has 2 aromatic rings. The average molecular weight is 412 g/mol. The summed E-state index contributed by atoms with van der Waals surface area (Å²) in [5, 5.41) is 6.13. The molecule has 1 aromatic carbocycles. The van der Waals surface area contributed by atoms with E-state index in [0.29, 0.717) is 24.3 Å². The molecule has 0 radical (unpaired) electrons. The largest absolute Gasteiger partial charge is 0.497 e. The van der Waals surface area contributed by atoms with Crippen LogP contribution in [0.1, 0.15) is 37.1 Å². The van der Waals surface area contributed by atoms with E-state index in [-0.39, 0.29) is 24.4 Å². The van der Waals surface area contributed by atoms with Gasteiger partial charge in [-0.3, -0.25) is 9.59 Å². The smallest absolute Gasteiger partial charge is 0.262 e. The predicted molar refractivity (Wildman–Crippen MR) is 114 cm³/mol. The van der Waals surface area contributed by atoms with Crippen LogP contribution in [0, 0.1) is 0 Å². The van der Waals surface area contributed by atoms with Crippen molar-refractivity contribution in [3.05, 3.63) is 47.8 Å². The fourth-order valence-electron chi connectivity index (χ4n) is 3.63. The van der Waals surface area contributed by atoms with E-state index in [0.717, 1.165) is 17.0 Å². The van der Waals surface area contributed by atoms with Gasteiger partial charge in [-0.2, -0.15) is 5.10 Å². The summed E-state index contributed by atoms with van der Waals surface area (Å²) < 4.78 is 12.9. The summed E-state index contributed by atoms with van der Waals surface area (Å²) in [5.74, 6) is 0.979. The van der Waals surface area contributed by atoms with Gasteiger partial charge in [-0.25, -0.2) is 5.01 Å². The van der Waals surface area contributed by atoms with Crippen LogP contribution in [0.3, 0.4) is 0 Å². The molecule has 1 atom stereocenters. The minimum Gasteiger partial charge on any atom is -0.497 e. The lowest BCUT2D eigenvalue weighted by molar-refractivity contribution is -0.140. The Morgan fingerprint density at radius 2 is 2.00 bits per heavy atom. The number of hydrogen-bond acceptors (Lipinski definition) is 5. The summed E-state index contributed by atoms with van der Waals surface area (Å²) in [5.41, 5.74) is 2.55. The molecule has 0 aliphatic carbocycles. The van der Waals surface area contributed by atoms with Gasteiger partial charge in [0.05, 0.1) is 31.7 Å². The molecular weight excluding hydrogens is 384 g/mol. The third-order valence-corrected chi connectivity index (χ3v) is 5.30. The topological polar surface area (TPSA) is 76.4 Å². The van der Waals surface area contributed by atoms with Crippen molar-refractivity contribution in [2.75, 3.05) is 27.8 Å². The Kier molecular flexibility index (Phi) is 6.44. The first-order valence-electron chi connectivity index (χ1n) is 9.86. The van der Waals surface area contributed by atoms with E-state index in [2.05, 4.69) is 5.10 Å². The molecule has 0 saturated heterocycles. The first-order valence-corrected chi connectivity index (χ1v) is 9.86. The van der Waals surface area contributed by atoms with E-state index >= 15 is 0 Å². The number of carbonyl (C=O) groups excluding carboxylic acids is 2. The predicted octanol–water partition coefficient (Wildman–Crippen LogP) is 2.59. The second kappa shape index (κ2) is 9.02. The lowest BCUT2D eigenvalue weighted by Gasteiger charge is -2.26. The van der Waals surface area contributed by atoms with Crippen LogP contribution in [0.2, 0.25) is 0 Å². The molecule has 1 aromatic heterocycles. The fraction of sp³-hybridized carbons (Fsp3) is 0.409. The van der Waals surface area contributed by atoms with Gasteiger partial charge in [0, 0.05) is 38.7 Å². The van der Waals surface area contributed by atoms with Crippen LogP contribution in [0.5, 0.6) is 11.5 Å². The molecule has 2 heterocycles. The lowest BCUT2D eigenvalue weighted by Crippen LogP contribution is -2.39. The van der Waals surface area contributed by atoms with Crippen LogP contribution >= 0.6 is 0 Å². The van der Waals surface area contributed by atoms with Crippen molar-refractivity contribution in [2.45, 2.75) is 25.8 Å². The van der Waals surface area contributed by atoms with E-state index in [9.17, 15) is 9.59 Å². The Bertz CT molecular complexity index is 966. The van der Waals surface area contributed by atoms with Crippen molar-refractivity contribution in [3.8, 4) is 11.5 Å². The Morgan fingerprint density at radius 1 is 1.23 bits per heavy atom. The standard InChI is InChI=1S/C22H28N4O4/c1-6-21(27)25(3)14-22(28)26-19(13-17(23-26)18-8-7-11-24(18)2)16-12-15(29-4)9-10-20(16)30-5/h7-12,19H,6,13-14H2,1-5H3. The van der Waals surface area contributed by atoms with Crippen molar-refractivity contribution in [1.82, 2.24) is 14.5 Å². The second-order valence-corrected chi connectivity index (χ2v) is 7.22. The van der Waals surface area contributed by atoms with Gasteiger partial charge in [0.25, 0.3) is 5.91 Å². The molecule has 1 aliphatic heterocycles. The molecule has 1 unspecified atom stereocenters. The number of aryl methyl sites for hydroxylation is 1. The normalized spacial score (nSPS) is 15.7. The average Bonchev–Trinajstić information content (AvgIpc) is 3.38. The Morgan fingerprint density at radius 3 is 2.60 bits per heavy atom. The monoisotopic (exact) mass is 412 g/mol. The van der Waals surface area contributed by atoms with E-state index < -0.39 is 0 Å². The molecule has 160 valence electrons. The highest BCUT2D eigenvalue weighted by Gasteiger charge is 2.36. The van der Waals surface area contributed by atoms with Gasteiger partial charge < -0.3 is 18.9 Å². The highest BCUT2D eigenvalue weighted by Crippen LogP contribution is 2.39. The summed E-state index contributed by atoms with van der Waals surface area (Å²) >= 11 is 0. The molecule has 2 amide bonds. The van der Waals surface area contributed by atoms with E-state index in [1.807, 2.05) is 48.1 Å². The van der Waals surface area contributed by atoms with Crippen molar-refractivity contribution < 1.29 is 19.1 Å². The second-order valence-electron chi connectivity index (χ2n) is 7.22. The maximum absolute atomic E-state index is 13.2. The number of hydrazone groups is 1. The summed E-state index contributed by atoms with van der Waals surface area (Å²) in [6, 6.07) is 9.06. The van der Waals surface area contributed by atoms with Crippen molar-refractivity contribution in [2.24, 2.45) is 12.1 Å². The third kappa shape index (κ3) is 4.17. The number of likely N-dealkylation sites (N-methyl/N-ethyl adjacent to an activating group) is 1. The Hall–Kier alpha value is -3.29. The van der Waals surface area contributed by atoms with Gasteiger partial charge in [-0.1, -0.05) is 6.92 Å². The highest BCUT2D eigenvalue weighted by molar-refractivity contribution is 6.02.